The van der Waals surface area contributed by atoms with Crippen LogP contribution < -0.4 is 4.31 Å². The fourth-order valence-electron chi connectivity index (χ4n) is 2.46. The van der Waals surface area contributed by atoms with Crippen molar-refractivity contribution in [3.05, 3.63) is 75.8 Å². The maximum absolute atomic E-state index is 12.9. The van der Waals surface area contributed by atoms with Crippen molar-refractivity contribution in [3.63, 3.8) is 0 Å². The number of nitro benzene ring substituents is 1. The molecule has 2 rings (SSSR count). The lowest BCUT2D eigenvalue weighted by atomic mass is 10.2. The van der Waals surface area contributed by atoms with Crippen LogP contribution >= 0.6 is 0 Å². The number of nitro groups is 1. The van der Waals surface area contributed by atoms with E-state index in [0.29, 0.717) is 5.56 Å². The molecule has 0 aliphatic carbocycles. The normalized spacial score (nSPS) is 11.4. The highest BCUT2D eigenvalue weighted by Crippen LogP contribution is 2.22. The highest BCUT2D eigenvalue weighted by molar-refractivity contribution is 8.09. The van der Waals surface area contributed by atoms with Gasteiger partial charge in [-0.2, -0.15) is 8.42 Å². The van der Waals surface area contributed by atoms with E-state index in [9.17, 15) is 23.3 Å². The Balaban J connectivity index is 2.49. The lowest BCUT2D eigenvalue weighted by Gasteiger charge is -2.24. The summed E-state index contributed by atoms with van der Waals surface area (Å²) in [5, 5.41) is 9.71. The van der Waals surface area contributed by atoms with Gasteiger partial charge in [0.15, 0.2) is 0 Å². The van der Waals surface area contributed by atoms with Gasteiger partial charge in [-0.15, -0.1) is 4.79 Å². The molecule has 0 N–H and O–H groups in total. The molecule has 0 spiro atoms. The largest absolute Gasteiger partial charge is 0.466 e. The van der Waals surface area contributed by atoms with Crippen molar-refractivity contribution in [2.75, 3.05) is 4.31 Å². The Morgan fingerprint density at radius 1 is 1.17 bits per heavy atom. The molecule has 29 heavy (non-hydrogen) atoms. The van der Waals surface area contributed by atoms with Crippen LogP contribution in [0.15, 0.2) is 54.6 Å². The number of carbonyl (C=O) groups excluding carboxylic acids is 1. The van der Waals surface area contributed by atoms with Gasteiger partial charge in [-0.25, -0.2) is 4.31 Å². The van der Waals surface area contributed by atoms with Gasteiger partial charge in [-0.1, -0.05) is 30.0 Å². The lowest BCUT2D eigenvalue weighted by molar-refractivity contribution is -0.384. The van der Waals surface area contributed by atoms with E-state index in [1.807, 2.05) is 0 Å². The summed E-state index contributed by atoms with van der Waals surface area (Å²) >= 11 is 0. The van der Waals surface area contributed by atoms with Crippen LogP contribution in [-0.4, -0.2) is 35.0 Å². The third-order valence-corrected chi connectivity index (χ3v) is 5.66. The van der Waals surface area contributed by atoms with E-state index in [-0.39, 0.29) is 11.4 Å². The Bertz CT molecular complexity index is 1140. The highest BCUT2D eigenvalue weighted by Gasteiger charge is 2.41. The van der Waals surface area contributed by atoms with Crippen molar-refractivity contribution in [2.24, 2.45) is 0 Å². The predicted octanol–water partition coefficient (Wildman–Crippen LogP) is 2.39. The van der Waals surface area contributed by atoms with E-state index < -0.39 is 31.8 Å². The topological polar surface area (TPSA) is 134 Å². The summed E-state index contributed by atoms with van der Waals surface area (Å²) < 4.78 is 26.8. The SMILES string of the molecule is CC(=O)C(=[N+]=[N-])S(=O)(=O)N(c1ccccc1)C(C)C#Cc1ccc([N+](=O)[O-])cc1. The summed E-state index contributed by atoms with van der Waals surface area (Å²) in [5.41, 5.74) is 9.63. The van der Waals surface area contributed by atoms with Crippen molar-refractivity contribution in [1.82, 2.24) is 0 Å². The summed E-state index contributed by atoms with van der Waals surface area (Å²) in [7, 11) is -4.50. The quantitative estimate of drug-likeness (QED) is 0.141. The molecule has 0 aliphatic heterocycles. The van der Waals surface area contributed by atoms with Crippen LogP contribution in [0.25, 0.3) is 5.53 Å². The van der Waals surface area contributed by atoms with Crippen molar-refractivity contribution >= 4 is 32.2 Å². The molecule has 0 saturated carbocycles. The molecule has 0 fully saturated rings. The summed E-state index contributed by atoms with van der Waals surface area (Å²) in [4.78, 5) is 24.5. The van der Waals surface area contributed by atoms with E-state index in [2.05, 4.69) is 16.6 Å². The Morgan fingerprint density at radius 3 is 2.24 bits per heavy atom. The van der Waals surface area contributed by atoms with Crippen LogP contribution in [0.1, 0.15) is 19.4 Å². The van der Waals surface area contributed by atoms with Crippen LogP contribution in [0.3, 0.4) is 0 Å². The predicted molar refractivity (Wildman–Crippen MR) is 107 cm³/mol. The molecule has 0 radical (unpaired) electrons. The number of hydrogen-bond donors (Lipinski definition) is 0. The van der Waals surface area contributed by atoms with E-state index >= 15 is 0 Å². The molecule has 0 saturated heterocycles. The molecule has 0 aromatic heterocycles. The Morgan fingerprint density at radius 2 is 1.76 bits per heavy atom. The first-order valence-electron chi connectivity index (χ1n) is 8.27. The van der Waals surface area contributed by atoms with Crippen molar-refractivity contribution in [3.8, 4) is 11.8 Å². The molecule has 148 valence electrons. The number of Topliss-reactive ketones (excluding diaryl/α,β-unsaturated/α-hetero) is 1. The highest BCUT2D eigenvalue weighted by atomic mass is 32.2. The van der Waals surface area contributed by atoms with Gasteiger partial charge >= 0.3 is 15.1 Å². The average molecular weight is 412 g/mol. The smallest absolute Gasteiger partial charge is 0.360 e. The van der Waals surface area contributed by atoms with Gasteiger partial charge in [0.25, 0.3) is 11.5 Å². The fraction of sp³-hybridized carbons (Fsp3) is 0.158. The van der Waals surface area contributed by atoms with Crippen LogP contribution in [0, 0.1) is 22.0 Å². The van der Waals surface area contributed by atoms with E-state index in [1.165, 1.54) is 43.3 Å². The first kappa shape index (κ1) is 21.5. The van der Waals surface area contributed by atoms with Crippen molar-refractivity contribution in [2.45, 2.75) is 19.9 Å². The molecular weight excluding hydrogens is 396 g/mol. The molecule has 9 nitrogen and oxygen atoms in total. The monoisotopic (exact) mass is 412 g/mol. The number of ketones is 1. The molecule has 0 heterocycles. The maximum atomic E-state index is 12.9. The zero-order valence-electron chi connectivity index (χ0n) is 15.5. The second-order valence-electron chi connectivity index (χ2n) is 5.85. The molecular formula is C19H16N4O5S. The number of carbonyl (C=O) groups is 1. The number of hydrogen-bond acceptors (Lipinski definition) is 5. The number of sulfonamides is 1. The van der Waals surface area contributed by atoms with Gasteiger partial charge in [0.05, 0.1) is 10.6 Å². The van der Waals surface area contributed by atoms with Crippen LogP contribution in [0.4, 0.5) is 11.4 Å². The van der Waals surface area contributed by atoms with E-state index in [0.717, 1.165) is 11.2 Å². The first-order valence-corrected chi connectivity index (χ1v) is 9.71. The lowest BCUT2D eigenvalue weighted by Crippen LogP contribution is -2.44. The van der Waals surface area contributed by atoms with E-state index in [4.69, 9.17) is 5.53 Å². The second kappa shape index (κ2) is 8.93. The zero-order valence-corrected chi connectivity index (χ0v) is 16.3. The number of nitrogens with zero attached hydrogens (tertiary/aromatic N) is 4. The van der Waals surface area contributed by atoms with Crippen LogP contribution in [-0.2, 0) is 14.8 Å². The second-order valence-corrected chi connectivity index (χ2v) is 7.58. The maximum Gasteiger partial charge on any atom is 0.466 e. The summed E-state index contributed by atoms with van der Waals surface area (Å²) in [5.74, 6) is 4.58. The van der Waals surface area contributed by atoms with Gasteiger partial charge < -0.3 is 5.53 Å². The molecule has 0 amide bonds. The van der Waals surface area contributed by atoms with Crippen LogP contribution in [0.5, 0.6) is 0 Å². The van der Waals surface area contributed by atoms with Gasteiger partial charge in [0.2, 0.25) is 0 Å². The molecule has 0 bridgehead atoms. The third-order valence-electron chi connectivity index (χ3n) is 3.76. The Hall–Kier alpha value is -3.80. The van der Waals surface area contributed by atoms with Crippen LogP contribution in [0.2, 0.25) is 0 Å². The molecule has 1 atom stereocenters. The van der Waals surface area contributed by atoms with Crippen molar-refractivity contribution in [1.29, 1.82) is 0 Å². The molecule has 0 aliphatic rings. The number of benzene rings is 2. The minimum atomic E-state index is -4.50. The number of para-hydroxylation sites is 1. The zero-order chi connectivity index (χ0) is 21.6. The number of anilines is 1. The number of non-ortho nitro benzene ring substituents is 1. The van der Waals surface area contributed by atoms with Crippen molar-refractivity contribution < 1.29 is 22.9 Å². The number of rotatable bonds is 5. The summed E-state index contributed by atoms with van der Waals surface area (Å²) in [6.07, 6.45) is 0. The minimum Gasteiger partial charge on any atom is -0.360 e. The average Bonchev–Trinajstić information content (AvgIpc) is 2.67. The Labute approximate surface area is 167 Å². The Kier molecular flexibility index (Phi) is 6.62. The molecule has 10 heteroatoms. The van der Waals surface area contributed by atoms with Gasteiger partial charge in [0, 0.05) is 24.6 Å². The molecule has 2 aromatic rings. The minimum absolute atomic E-state index is 0.0951. The van der Waals surface area contributed by atoms with E-state index in [1.54, 1.807) is 18.2 Å². The standard InChI is InChI=1S/C19H16N4O5S/c1-14(8-9-16-10-12-18(13-11-16)23(25)26)22(17-6-4-3-5-7-17)29(27,28)19(21-20)15(2)24/h3-7,10-14H,1-2H3. The third kappa shape index (κ3) is 4.93. The summed E-state index contributed by atoms with van der Waals surface area (Å²) in [6.45, 7) is 2.47. The fourth-order valence-corrected chi connectivity index (χ4v) is 3.98. The molecule has 1 unspecified atom stereocenters. The van der Waals surface area contributed by atoms with Gasteiger partial charge in [-0.05, 0) is 31.2 Å². The van der Waals surface area contributed by atoms with Gasteiger partial charge in [-0.3, -0.25) is 14.9 Å². The molecule has 2 aromatic carbocycles. The summed E-state index contributed by atoms with van der Waals surface area (Å²) in [6, 6.07) is 12.4. The first-order chi connectivity index (χ1) is 13.7. The van der Waals surface area contributed by atoms with Gasteiger partial charge in [0.1, 0.15) is 6.04 Å².